The third-order valence-corrected chi connectivity index (χ3v) is 4.50. The third-order valence-electron chi connectivity index (χ3n) is 3.47. The fraction of sp³-hybridized carbons (Fsp3) is 0.692. The smallest absolute Gasteiger partial charge is 0.227 e. The van der Waals surface area contributed by atoms with E-state index in [-0.39, 0.29) is 18.3 Å². The number of carbonyl (C=O) groups excluding carboxylic acids is 1. The largest absolute Gasteiger partial charge is 0.319 e. The van der Waals surface area contributed by atoms with Gasteiger partial charge in [0.1, 0.15) is 0 Å². The molecule has 6 heteroatoms. The Balaban J connectivity index is 0.00000180. The minimum atomic E-state index is 0. The van der Waals surface area contributed by atoms with Crippen LogP contribution in [0.25, 0.3) is 0 Å². The predicted molar refractivity (Wildman–Crippen MR) is 82.3 cm³/mol. The Hall–Kier alpha value is -0.650. The monoisotopic (exact) mass is 303 g/mol. The van der Waals surface area contributed by atoms with Crippen LogP contribution in [0.2, 0.25) is 0 Å². The zero-order chi connectivity index (χ0) is 13.0. The van der Waals surface area contributed by atoms with Crippen LogP contribution < -0.4 is 10.6 Å². The van der Waals surface area contributed by atoms with Crippen LogP contribution in [0.1, 0.15) is 36.8 Å². The van der Waals surface area contributed by atoms with Crippen molar-refractivity contribution < 1.29 is 4.79 Å². The second kappa shape index (κ2) is 7.82. The normalized spacial score (nSPS) is 17.5. The number of fused-ring (bicyclic) bond motifs is 1. The third kappa shape index (κ3) is 4.44. The molecule has 0 saturated carbocycles. The number of rotatable bonds is 5. The maximum absolute atomic E-state index is 11.6. The van der Waals surface area contributed by atoms with E-state index >= 15 is 0 Å². The van der Waals surface area contributed by atoms with Crippen molar-refractivity contribution in [3.63, 3.8) is 0 Å². The van der Waals surface area contributed by atoms with Crippen LogP contribution in [0.15, 0.2) is 0 Å². The molecule has 1 aromatic rings. The van der Waals surface area contributed by atoms with E-state index in [0.29, 0.717) is 13.0 Å². The number of thiazole rings is 1. The van der Waals surface area contributed by atoms with E-state index in [4.69, 9.17) is 0 Å². The van der Waals surface area contributed by atoms with Gasteiger partial charge >= 0.3 is 0 Å². The standard InChI is InChI=1S/C13H21N3OS.ClH/c1-3-9-4-5-10-11(8-9)18-13(15-10)16-12(17)6-7-14-2;/h9,14H,3-8H2,1-2H3,(H,15,16,17);1H. The van der Waals surface area contributed by atoms with Gasteiger partial charge in [-0.15, -0.1) is 23.7 Å². The lowest BCUT2D eigenvalue weighted by molar-refractivity contribution is -0.116. The first-order valence-electron chi connectivity index (χ1n) is 6.66. The molecule has 4 nitrogen and oxygen atoms in total. The summed E-state index contributed by atoms with van der Waals surface area (Å²) in [7, 11) is 1.85. The molecule has 108 valence electrons. The average Bonchev–Trinajstić information content (AvgIpc) is 2.77. The Bertz CT molecular complexity index is 422. The first kappa shape index (κ1) is 16.4. The highest BCUT2D eigenvalue weighted by Crippen LogP contribution is 2.33. The van der Waals surface area contributed by atoms with Crippen molar-refractivity contribution in [3.8, 4) is 0 Å². The molecule has 2 N–H and O–H groups in total. The summed E-state index contributed by atoms with van der Waals surface area (Å²) in [6.07, 6.45) is 5.17. The summed E-state index contributed by atoms with van der Waals surface area (Å²) in [4.78, 5) is 17.5. The van der Waals surface area contributed by atoms with Crippen molar-refractivity contribution in [1.82, 2.24) is 10.3 Å². The summed E-state index contributed by atoms with van der Waals surface area (Å²) in [6.45, 7) is 2.95. The molecule has 1 aliphatic rings. The summed E-state index contributed by atoms with van der Waals surface area (Å²) in [5, 5.41) is 6.64. The van der Waals surface area contributed by atoms with Crippen LogP contribution in [-0.2, 0) is 17.6 Å². The van der Waals surface area contributed by atoms with Crippen molar-refractivity contribution in [2.75, 3.05) is 18.9 Å². The highest BCUT2D eigenvalue weighted by atomic mass is 35.5. The number of aromatic nitrogens is 1. The number of carbonyl (C=O) groups is 1. The number of nitrogens with zero attached hydrogens (tertiary/aromatic N) is 1. The van der Waals surface area contributed by atoms with E-state index < -0.39 is 0 Å². The summed E-state index contributed by atoms with van der Waals surface area (Å²) < 4.78 is 0. The zero-order valence-corrected chi connectivity index (χ0v) is 13.1. The van der Waals surface area contributed by atoms with Crippen molar-refractivity contribution in [2.24, 2.45) is 5.92 Å². The second-order valence-electron chi connectivity index (χ2n) is 4.81. The summed E-state index contributed by atoms with van der Waals surface area (Å²) >= 11 is 1.65. The molecule has 1 aliphatic carbocycles. The molecule has 0 fully saturated rings. The summed E-state index contributed by atoms with van der Waals surface area (Å²) in [6, 6.07) is 0. The topological polar surface area (TPSA) is 54.0 Å². The molecule has 1 unspecified atom stereocenters. The Morgan fingerprint density at radius 2 is 2.32 bits per heavy atom. The summed E-state index contributed by atoms with van der Waals surface area (Å²) in [5.41, 5.74) is 1.20. The van der Waals surface area contributed by atoms with Crippen LogP contribution in [0.4, 0.5) is 5.13 Å². The SMILES string of the molecule is CCC1CCc2nc(NC(=O)CCNC)sc2C1.Cl. The number of anilines is 1. The number of halogens is 1. The molecule has 1 atom stereocenters. The number of nitrogens with one attached hydrogen (secondary N) is 2. The van der Waals surface area contributed by atoms with Gasteiger partial charge in [0.2, 0.25) is 5.91 Å². The average molecular weight is 304 g/mol. The van der Waals surface area contributed by atoms with Crippen molar-refractivity contribution in [1.29, 1.82) is 0 Å². The zero-order valence-electron chi connectivity index (χ0n) is 11.5. The second-order valence-corrected chi connectivity index (χ2v) is 5.89. The van der Waals surface area contributed by atoms with E-state index in [1.807, 2.05) is 7.05 Å². The van der Waals surface area contributed by atoms with E-state index in [2.05, 4.69) is 22.5 Å². The maximum Gasteiger partial charge on any atom is 0.227 e. The van der Waals surface area contributed by atoms with Crippen LogP contribution in [-0.4, -0.2) is 24.5 Å². The number of aryl methyl sites for hydroxylation is 1. The lowest BCUT2D eigenvalue weighted by Gasteiger charge is -2.18. The van der Waals surface area contributed by atoms with Gasteiger partial charge in [0.25, 0.3) is 0 Å². The van der Waals surface area contributed by atoms with E-state index in [0.717, 1.165) is 23.9 Å². The fourth-order valence-electron chi connectivity index (χ4n) is 2.27. The highest BCUT2D eigenvalue weighted by Gasteiger charge is 2.21. The lowest BCUT2D eigenvalue weighted by atomic mass is 9.89. The van der Waals surface area contributed by atoms with Gasteiger partial charge in [-0.1, -0.05) is 13.3 Å². The van der Waals surface area contributed by atoms with Crippen LogP contribution >= 0.6 is 23.7 Å². The quantitative estimate of drug-likeness (QED) is 0.879. The van der Waals surface area contributed by atoms with Crippen LogP contribution in [0, 0.1) is 5.92 Å². The Morgan fingerprint density at radius 3 is 3.00 bits per heavy atom. The minimum Gasteiger partial charge on any atom is -0.319 e. The fourth-order valence-corrected chi connectivity index (χ4v) is 3.40. The van der Waals surface area contributed by atoms with E-state index in [1.54, 1.807) is 11.3 Å². The van der Waals surface area contributed by atoms with E-state index in [1.165, 1.54) is 23.4 Å². The minimum absolute atomic E-state index is 0. The molecule has 1 aromatic heterocycles. The van der Waals surface area contributed by atoms with E-state index in [9.17, 15) is 4.79 Å². The number of hydrogen-bond donors (Lipinski definition) is 2. The van der Waals surface area contributed by atoms with Gasteiger partial charge in [-0.05, 0) is 32.2 Å². The highest BCUT2D eigenvalue weighted by molar-refractivity contribution is 7.15. The molecule has 0 aliphatic heterocycles. The molecule has 0 saturated heterocycles. The number of amides is 1. The molecule has 0 radical (unpaired) electrons. The van der Waals surface area contributed by atoms with Gasteiger partial charge in [-0.25, -0.2) is 4.98 Å². The van der Waals surface area contributed by atoms with Crippen molar-refractivity contribution >= 4 is 34.8 Å². The van der Waals surface area contributed by atoms with Gasteiger partial charge in [-0.3, -0.25) is 4.79 Å². The van der Waals surface area contributed by atoms with Crippen molar-refractivity contribution in [2.45, 2.75) is 39.0 Å². The molecular formula is C13H22ClN3OS. The van der Waals surface area contributed by atoms with Crippen LogP contribution in [0.5, 0.6) is 0 Å². The first-order chi connectivity index (χ1) is 8.72. The lowest BCUT2D eigenvalue weighted by Crippen LogP contribution is -2.18. The molecular weight excluding hydrogens is 282 g/mol. The molecule has 1 amide bonds. The van der Waals surface area contributed by atoms with Gasteiger partial charge in [0.15, 0.2) is 5.13 Å². The molecule has 1 heterocycles. The van der Waals surface area contributed by atoms with Gasteiger partial charge in [-0.2, -0.15) is 0 Å². The molecule has 0 bridgehead atoms. The Morgan fingerprint density at radius 1 is 1.53 bits per heavy atom. The van der Waals surface area contributed by atoms with Crippen molar-refractivity contribution in [3.05, 3.63) is 10.6 Å². The van der Waals surface area contributed by atoms with Gasteiger partial charge in [0.05, 0.1) is 5.69 Å². The molecule has 19 heavy (non-hydrogen) atoms. The number of hydrogen-bond acceptors (Lipinski definition) is 4. The predicted octanol–water partition coefficient (Wildman–Crippen LogP) is 2.63. The van der Waals surface area contributed by atoms with Gasteiger partial charge in [0, 0.05) is 17.8 Å². The van der Waals surface area contributed by atoms with Gasteiger partial charge < -0.3 is 10.6 Å². The first-order valence-corrected chi connectivity index (χ1v) is 7.47. The Kier molecular flexibility index (Phi) is 6.75. The molecule has 2 rings (SSSR count). The maximum atomic E-state index is 11.6. The molecule has 0 aromatic carbocycles. The van der Waals surface area contributed by atoms with Crippen LogP contribution in [0.3, 0.4) is 0 Å². The summed E-state index contributed by atoms with van der Waals surface area (Å²) in [5.74, 6) is 0.841. The Labute approximate surface area is 124 Å². The molecule has 0 spiro atoms.